The van der Waals surface area contributed by atoms with E-state index in [1.807, 2.05) is 6.92 Å². The zero-order valence-electron chi connectivity index (χ0n) is 7.83. The van der Waals surface area contributed by atoms with Crippen LogP contribution < -0.4 is 5.32 Å². The van der Waals surface area contributed by atoms with E-state index < -0.39 is 0 Å². The van der Waals surface area contributed by atoms with Gasteiger partial charge in [0.15, 0.2) is 6.29 Å². The molecule has 0 radical (unpaired) electrons. The minimum atomic E-state index is -0.247. The maximum Gasteiger partial charge on any atom is 0.171 e. The van der Waals surface area contributed by atoms with Crippen LogP contribution in [0.2, 0.25) is 0 Å². The summed E-state index contributed by atoms with van der Waals surface area (Å²) in [6.07, 6.45) is 0.258. The summed E-state index contributed by atoms with van der Waals surface area (Å²) in [6, 6.07) is 2.16. The van der Waals surface area contributed by atoms with Gasteiger partial charge in [-0.2, -0.15) is 5.26 Å². The number of nitriles is 1. The third-order valence-corrected chi connectivity index (χ3v) is 1.58. The molecule has 70 valence electrons. The van der Waals surface area contributed by atoms with Crippen LogP contribution in [0, 0.1) is 11.3 Å². The Kier molecular flexibility index (Phi) is 6.67. The lowest BCUT2D eigenvalue weighted by Crippen LogP contribution is -2.39. The molecule has 4 nitrogen and oxygen atoms in total. The summed E-state index contributed by atoms with van der Waals surface area (Å²) >= 11 is 0. The van der Waals surface area contributed by atoms with Crippen molar-refractivity contribution in [1.82, 2.24) is 5.32 Å². The molecule has 0 aromatic carbocycles. The van der Waals surface area contributed by atoms with Crippen LogP contribution in [-0.2, 0) is 9.47 Å². The van der Waals surface area contributed by atoms with E-state index in [1.54, 1.807) is 14.2 Å². The SMILES string of the molecule is COC(OC)C(C)NCCC#N. The van der Waals surface area contributed by atoms with Crippen LogP contribution >= 0.6 is 0 Å². The molecule has 0 saturated carbocycles. The van der Waals surface area contributed by atoms with Gasteiger partial charge in [0, 0.05) is 27.2 Å². The summed E-state index contributed by atoms with van der Waals surface area (Å²) in [5.41, 5.74) is 0. The molecule has 0 aromatic rings. The maximum absolute atomic E-state index is 8.28. The third-order valence-electron chi connectivity index (χ3n) is 1.58. The van der Waals surface area contributed by atoms with E-state index in [1.165, 1.54) is 0 Å². The summed E-state index contributed by atoms with van der Waals surface area (Å²) in [6.45, 7) is 2.62. The van der Waals surface area contributed by atoms with Gasteiger partial charge in [-0.25, -0.2) is 0 Å². The lowest BCUT2D eigenvalue weighted by atomic mass is 10.3. The second-order valence-electron chi connectivity index (χ2n) is 2.49. The van der Waals surface area contributed by atoms with Crippen LogP contribution in [0.4, 0.5) is 0 Å². The average Bonchev–Trinajstić information content (AvgIpc) is 2.07. The van der Waals surface area contributed by atoms with Gasteiger partial charge in [-0.3, -0.25) is 0 Å². The fraction of sp³-hybridized carbons (Fsp3) is 0.875. The standard InChI is InChI=1S/C8H16N2O2/c1-7(8(11-2)12-3)10-6-4-5-9/h7-8,10H,4,6H2,1-3H3. The second kappa shape index (κ2) is 7.04. The van der Waals surface area contributed by atoms with Gasteiger partial charge in [-0.1, -0.05) is 0 Å². The highest BCUT2D eigenvalue weighted by molar-refractivity contribution is 4.73. The van der Waals surface area contributed by atoms with E-state index in [2.05, 4.69) is 11.4 Å². The zero-order valence-corrected chi connectivity index (χ0v) is 7.83. The predicted molar refractivity (Wildman–Crippen MR) is 45.5 cm³/mol. The smallest absolute Gasteiger partial charge is 0.171 e. The molecule has 0 aliphatic heterocycles. The number of hydrogen-bond acceptors (Lipinski definition) is 4. The number of rotatable bonds is 6. The van der Waals surface area contributed by atoms with E-state index in [-0.39, 0.29) is 12.3 Å². The molecule has 4 heteroatoms. The van der Waals surface area contributed by atoms with Crippen molar-refractivity contribution in [2.45, 2.75) is 25.7 Å². The Morgan fingerprint density at radius 3 is 2.42 bits per heavy atom. The first kappa shape index (κ1) is 11.4. The van der Waals surface area contributed by atoms with Crippen molar-refractivity contribution in [2.75, 3.05) is 20.8 Å². The molecule has 0 rings (SSSR count). The maximum atomic E-state index is 8.28. The van der Waals surface area contributed by atoms with Crippen molar-refractivity contribution in [1.29, 1.82) is 5.26 Å². The molecule has 0 bridgehead atoms. The van der Waals surface area contributed by atoms with E-state index in [9.17, 15) is 0 Å². The number of methoxy groups -OCH3 is 2. The number of hydrogen-bond donors (Lipinski definition) is 1. The highest BCUT2D eigenvalue weighted by atomic mass is 16.7. The Balaban J connectivity index is 3.55. The van der Waals surface area contributed by atoms with Gasteiger partial charge in [0.1, 0.15) is 0 Å². The van der Waals surface area contributed by atoms with Crippen LogP contribution in [0.1, 0.15) is 13.3 Å². The van der Waals surface area contributed by atoms with Gasteiger partial charge in [0.25, 0.3) is 0 Å². The first-order valence-electron chi connectivity index (χ1n) is 3.92. The molecule has 1 atom stereocenters. The van der Waals surface area contributed by atoms with Crippen LogP contribution in [-0.4, -0.2) is 33.1 Å². The monoisotopic (exact) mass is 172 g/mol. The Hall–Kier alpha value is -0.630. The van der Waals surface area contributed by atoms with E-state index in [0.29, 0.717) is 13.0 Å². The molecule has 1 N–H and O–H groups in total. The molecule has 0 fully saturated rings. The molecular formula is C8H16N2O2. The van der Waals surface area contributed by atoms with Crippen LogP contribution in [0.3, 0.4) is 0 Å². The summed E-state index contributed by atoms with van der Waals surface area (Å²) < 4.78 is 10.0. The molecule has 0 aliphatic rings. The van der Waals surface area contributed by atoms with Crippen LogP contribution in [0.25, 0.3) is 0 Å². The van der Waals surface area contributed by atoms with Gasteiger partial charge in [-0.15, -0.1) is 0 Å². The second-order valence-corrected chi connectivity index (χ2v) is 2.49. The van der Waals surface area contributed by atoms with Crippen molar-refractivity contribution >= 4 is 0 Å². The van der Waals surface area contributed by atoms with Crippen LogP contribution in [0.15, 0.2) is 0 Å². The Morgan fingerprint density at radius 2 is 2.00 bits per heavy atom. The minimum Gasteiger partial charge on any atom is -0.354 e. The van der Waals surface area contributed by atoms with E-state index >= 15 is 0 Å². The minimum absolute atomic E-state index is 0.105. The highest BCUT2D eigenvalue weighted by Gasteiger charge is 2.13. The predicted octanol–water partition coefficient (Wildman–Crippen LogP) is 0.497. The fourth-order valence-corrected chi connectivity index (χ4v) is 0.956. The van der Waals surface area contributed by atoms with E-state index in [0.717, 1.165) is 0 Å². The van der Waals surface area contributed by atoms with Crippen molar-refractivity contribution in [3.8, 4) is 6.07 Å². The van der Waals surface area contributed by atoms with Crippen molar-refractivity contribution in [3.05, 3.63) is 0 Å². The normalized spacial score (nSPS) is 12.9. The largest absolute Gasteiger partial charge is 0.354 e. The molecule has 12 heavy (non-hydrogen) atoms. The van der Waals surface area contributed by atoms with Gasteiger partial charge < -0.3 is 14.8 Å². The third kappa shape index (κ3) is 4.29. The van der Waals surface area contributed by atoms with Crippen molar-refractivity contribution < 1.29 is 9.47 Å². The van der Waals surface area contributed by atoms with E-state index in [4.69, 9.17) is 14.7 Å². The van der Waals surface area contributed by atoms with Gasteiger partial charge >= 0.3 is 0 Å². The summed E-state index contributed by atoms with van der Waals surface area (Å²) in [7, 11) is 3.19. The lowest BCUT2D eigenvalue weighted by molar-refractivity contribution is -0.119. The molecule has 0 heterocycles. The van der Waals surface area contributed by atoms with Gasteiger partial charge in [-0.05, 0) is 6.92 Å². The molecular weight excluding hydrogens is 156 g/mol. The molecule has 0 aromatic heterocycles. The summed E-state index contributed by atoms with van der Waals surface area (Å²) in [5, 5.41) is 11.4. The van der Waals surface area contributed by atoms with Gasteiger partial charge in [0.05, 0.1) is 12.1 Å². The summed E-state index contributed by atoms with van der Waals surface area (Å²) in [4.78, 5) is 0. The number of ether oxygens (including phenoxy) is 2. The summed E-state index contributed by atoms with van der Waals surface area (Å²) in [5.74, 6) is 0. The van der Waals surface area contributed by atoms with Crippen molar-refractivity contribution in [3.63, 3.8) is 0 Å². The quantitative estimate of drug-likeness (QED) is 0.468. The zero-order chi connectivity index (χ0) is 9.40. The Bertz CT molecular complexity index is 140. The first-order valence-corrected chi connectivity index (χ1v) is 3.92. The topological polar surface area (TPSA) is 54.3 Å². The van der Waals surface area contributed by atoms with Gasteiger partial charge in [0.2, 0.25) is 0 Å². The molecule has 0 aliphatic carbocycles. The molecule has 0 saturated heterocycles. The lowest BCUT2D eigenvalue weighted by Gasteiger charge is -2.21. The van der Waals surface area contributed by atoms with Crippen molar-refractivity contribution in [2.24, 2.45) is 0 Å². The fourth-order valence-electron chi connectivity index (χ4n) is 0.956. The molecule has 0 amide bonds. The first-order chi connectivity index (χ1) is 5.76. The molecule has 1 unspecified atom stereocenters. The number of nitrogens with zero attached hydrogens (tertiary/aromatic N) is 1. The Labute approximate surface area is 73.5 Å². The number of nitrogens with one attached hydrogen (secondary N) is 1. The average molecular weight is 172 g/mol. The molecule has 0 spiro atoms. The highest BCUT2D eigenvalue weighted by Crippen LogP contribution is 1.97. The Morgan fingerprint density at radius 1 is 1.42 bits per heavy atom. The van der Waals surface area contributed by atoms with Crippen LogP contribution in [0.5, 0.6) is 0 Å².